The van der Waals surface area contributed by atoms with Crippen LogP contribution in [0.1, 0.15) is 44.7 Å². The fourth-order valence-electron chi connectivity index (χ4n) is 3.02. The van der Waals surface area contributed by atoms with Crippen molar-refractivity contribution in [3.63, 3.8) is 0 Å². The maximum atomic E-state index is 12.4. The van der Waals surface area contributed by atoms with Crippen LogP contribution in [0.3, 0.4) is 0 Å². The molecule has 27 heavy (non-hydrogen) atoms. The Morgan fingerprint density at radius 1 is 1.30 bits per heavy atom. The summed E-state index contributed by atoms with van der Waals surface area (Å²) in [6.45, 7) is 10.5. The van der Waals surface area contributed by atoms with Gasteiger partial charge in [-0.2, -0.15) is 0 Å². The van der Waals surface area contributed by atoms with Crippen molar-refractivity contribution >= 4 is 18.1 Å². The average molecular weight is 374 g/mol. The fraction of sp³-hybridized carbons (Fsp3) is 0.524. The summed E-state index contributed by atoms with van der Waals surface area (Å²) >= 11 is 0. The number of rotatable bonds is 5. The van der Waals surface area contributed by atoms with Gasteiger partial charge in [0.15, 0.2) is 0 Å². The lowest BCUT2D eigenvalue weighted by Crippen LogP contribution is -2.48. The minimum atomic E-state index is -0.498. The smallest absolute Gasteiger partial charge is 0.410 e. The molecule has 1 N–H and O–H groups in total. The number of nitrogens with one attached hydrogen (secondary N) is 1. The van der Waals surface area contributed by atoms with Gasteiger partial charge in [-0.15, -0.1) is 0 Å². The minimum Gasteiger partial charge on any atom is -0.496 e. The molecule has 0 radical (unpaired) electrons. The largest absolute Gasteiger partial charge is 0.496 e. The van der Waals surface area contributed by atoms with Crippen LogP contribution in [0.5, 0.6) is 5.75 Å². The molecule has 0 bridgehead atoms. The van der Waals surface area contributed by atoms with Crippen LogP contribution >= 0.6 is 0 Å². The van der Waals surface area contributed by atoms with Crippen molar-refractivity contribution < 1.29 is 19.1 Å². The number of amides is 2. The van der Waals surface area contributed by atoms with Crippen LogP contribution in [0.25, 0.3) is 6.08 Å². The maximum Gasteiger partial charge on any atom is 0.410 e. The lowest BCUT2D eigenvalue weighted by Gasteiger charge is -2.33. The normalized spacial score (nSPS) is 15.2. The highest BCUT2D eigenvalue weighted by Gasteiger charge is 2.27. The molecular formula is C21H30N2O4. The molecule has 6 heteroatoms. The van der Waals surface area contributed by atoms with E-state index in [0.29, 0.717) is 18.8 Å². The number of carbonyl (C=O) groups excluding carboxylic acids is 2. The van der Waals surface area contributed by atoms with Gasteiger partial charge < -0.3 is 19.7 Å². The summed E-state index contributed by atoms with van der Waals surface area (Å²) in [7, 11) is 1.59. The fourth-order valence-corrected chi connectivity index (χ4v) is 3.02. The molecule has 2 rings (SSSR count). The quantitative estimate of drug-likeness (QED) is 0.858. The topological polar surface area (TPSA) is 67.9 Å². The van der Waals surface area contributed by atoms with Gasteiger partial charge in [0, 0.05) is 24.7 Å². The first-order valence-electron chi connectivity index (χ1n) is 9.28. The molecule has 0 spiro atoms. The molecule has 0 aromatic heterocycles. The van der Waals surface area contributed by atoms with Gasteiger partial charge >= 0.3 is 6.09 Å². The van der Waals surface area contributed by atoms with Gasteiger partial charge in [-0.25, -0.2) is 4.79 Å². The zero-order valence-electron chi connectivity index (χ0n) is 16.7. The summed E-state index contributed by atoms with van der Waals surface area (Å²) in [4.78, 5) is 26.2. The van der Waals surface area contributed by atoms with E-state index in [1.54, 1.807) is 18.1 Å². The number of nitrogens with zero attached hydrogens (tertiary/aromatic N) is 1. The van der Waals surface area contributed by atoms with Gasteiger partial charge in [0.05, 0.1) is 13.5 Å². The first kappa shape index (κ1) is 20.8. The van der Waals surface area contributed by atoms with E-state index in [1.165, 1.54) is 0 Å². The van der Waals surface area contributed by atoms with Crippen LogP contribution in [-0.4, -0.2) is 48.7 Å². The van der Waals surface area contributed by atoms with E-state index < -0.39 is 5.60 Å². The van der Waals surface area contributed by atoms with Crippen LogP contribution in [0.15, 0.2) is 24.8 Å². The minimum absolute atomic E-state index is 0.0460. The van der Waals surface area contributed by atoms with Gasteiger partial charge in [0.2, 0.25) is 5.91 Å². The Morgan fingerprint density at radius 3 is 2.52 bits per heavy atom. The number of piperidine rings is 1. The number of ether oxygens (including phenoxy) is 2. The molecular weight excluding hydrogens is 344 g/mol. The van der Waals surface area contributed by atoms with Crippen molar-refractivity contribution in [3.05, 3.63) is 35.9 Å². The van der Waals surface area contributed by atoms with Gasteiger partial charge in [-0.05, 0) is 45.2 Å². The Hall–Kier alpha value is -2.50. The third kappa shape index (κ3) is 6.31. The van der Waals surface area contributed by atoms with Crippen molar-refractivity contribution in [2.75, 3.05) is 20.2 Å². The summed E-state index contributed by atoms with van der Waals surface area (Å²) in [6.07, 6.45) is 3.14. The highest BCUT2D eigenvalue weighted by atomic mass is 16.6. The summed E-state index contributed by atoms with van der Waals surface area (Å²) < 4.78 is 10.8. The van der Waals surface area contributed by atoms with E-state index in [0.717, 1.165) is 24.0 Å². The van der Waals surface area contributed by atoms with Gasteiger partial charge in [0.1, 0.15) is 11.4 Å². The molecule has 148 valence electrons. The zero-order chi connectivity index (χ0) is 20.0. The Bertz CT molecular complexity index is 686. The number of carbonyl (C=O) groups is 2. The predicted molar refractivity (Wildman–Crippen MR) is 106 cm³/mol. The number of hydrogen-bond donors (Lipinski definition) is 1. The molecule has 1 aliphatic rings. The van der Waals surface area contributed by atoms with Crippen molar-refractivity contribution in [2.45, 2.75) is 51.7 Å². The number of methoxy groups -OCH3 is 1. The van der Waals surface area contributed by atoms with Crippen molar-refractivity contribution in [1.82, 2.24) is 10.2 Å². The molecule has 6 nitrogen and oxygen atoms in total. The molecule has 0 unspecified atom stereocenters. The van der Waals surface area contributed by atoms with E-state index in [1.807, 2.05) is 39.0 Å². The molecule has 1 aromatic carbocycles. The number of likely N-dealkylation sites (tertiary alicyclic amines) is 1. The molecule has 1 saturated heterocycles. The lowest BCUT2D eigenvalue weighted by molar-refractivity contribution is -0.121. The van der Waals surface area contributed by atoms with Crippen LogP contribution < -0.4 is 10.1 Å². The van der Waals surface area contributed by atoms with E-state index >= 15 is 0 Å². The standard InChI is InChI=1S/C21H30N2O4/c1-6-15-7-8-16(18(13-15)26-5)14-19(24)22-17-9-11-23(12-10-17)20(25)27-21(2,3)4/h6-8,13,17H,1,9-12,14H2,2-5H3,(H,22,24). The molecule has 2 amide bonds. The molecule has 0 aliphatic carbocycles. The molecule has 1 fully saturated rings. The van der Waals surface area contributed by atoms with Crippen molar-refractivity contribution in [1.29, 1.82) is 0 Å². The first-order valence-corrected chi connectivity index (χ1v) is 9.28. The second kappa shape index (κ2) is 8.93. The average Bonchev–Trinajstić information content (AvgIpc) is 2.61. The zero-order valence-corrected chi connectivity index (χ0v) is 16.7. The SMILES string of the molecule is C=Cc1ccc(CC(=O)NC2CCN(C(=O)OC(C)(C)C)CC2)c(OC)c1. The second-order valence-corrected chi connectivity index (χ2v) is 7.76. The molecule has 1 heterocycles. The molecule has 1 aromatic rings. The third-order valence-corrected chi connectivity index (χ3v) is 4.41. The Balaban J connectivity index is 1.84. The van der Waals surface area contributed by atoms with Crippen LogP contribution in [-0.2, 0) is 16.0 Å². The summed E-state index contributed by atoms with van der Waals surface area (Å²) in [5.74, 6) is 0.637. The number of benzene rings is 1. The third-order valence-electron chi connectivity index (χ3n) is 4.41. The number of hydrogen-bond acceptors (Lipinski definition) is 4. The van der Waals surface area contributed by atoms with E-state index in [9.17, 15) is 9.59 Å². The lowest BCUT2D eigenvalue weighted by atomic mass is 10.0. The van der Waals surface area contributed by atoms with Gasteiger partial charge in [0.25, 0.3) is 0 Å². The highest BCUT2D eigenvalue weighted by molar-refractivity contribution is 5.80. The van der Waals surface area contributed by atoms with Gasteiger partial charge in [-0.1, -0.05) is 24.8 Å². The summed E-state index contributed by atoms with van der Waals surface area (Å²) in [6, 6.07) is 5.74. The molecule has 0 atom stereocenters. The molecule has 0 saturated carbocycles. The molecule has 1 aliphatic heterocycles. The Morgan fingerprint density at radius 2 is 1.96 bits per heavy atom. The van der Waals surface area contributed by atoms with Crippen molar-refractivity contribution in [3.8, 4) is 5.75 Å². The van der Waals surface area contributed by atoms with Gasteiger partial charge in [-0.3, -0.25) is 4.79 Å². The maximum absolute atomic E-state index is 12.4. The van der Waals surface area contributed by atoms with E-state index in [2.05, 4.69) is 11.9 Å². The monoisotopic (exact) mass is 374 g/mol. The second-order valence-electron chi connectivity index (χ2n) is 7.76. The predicted octanol–water partition coefficient (Wildman–Crippen LogP) is 3.40. The van der Waals surface area contributed by atoms with Crippen LogP contribution in [0.2, 0.25) is 0 Å². The van der Waals surface area contributed by atoms with Crippen molar-refractivity contribution in [2.24, 2.45) is 0 Å². The van der Waals surface area contributed by atoms with Crippen LogP contribution in [0, 0.1) is 0 Å². The van der Waals surface area contributed by atoms with E-state index in [4.69, 9.17) is 9.47 Å². The van der Waals surface area contributed by atoms with Crippen LogP contribution in [0.4, 0.5) is 4.79 Å². The highest BCUT2D eigenvalue weighted by Crippen LogP contribution is 2.22. The van der Waals surface area contributed by atoms with E-state index in [-0.39, 0.29) is 24.5 Å². The Kier molecular flexibility index (Phi) is 6.88. The summed E-state index contributed by atoms with van der Waals surface area (Å²) in [5, 5.41) is 3.06. The Labute approximate surface area is 161 Å². The summed E-state index contributed by atoms with van der Waals surface area (Å²) in [5.41, 5.74) is 1.29. The first-order chi connectivity index (χ1) is 12.7.